The van der Waals surface area contributed by atoms with Crippen molar-refractivity contribution in [3.8, 4) is 0 Å². The predicted octanol–water partition coefficient (Wildman–Crippen LogP) is 2.53. The van der Waals surface area contributed by atoms with Crippen molar-refractivity contribution in [3.05, 3.63) is 65.7 Å². The molecule has 0 bridgehead atoms. The summed E-state index contributed by atoms with van der Waals surface area (Å²) < 4.78 is 4.99. The zero-order valence-corrected chi connectivity index (χ0v) is 15.6. The summed E-state index contributed by atoms with van der Waals surface area (Å²) in [7, 11) is 1.37. The molecule has 1 fully saturated rings. The quantitative estimate of drug-likeness (QED) is 0.833. The van der Waals surface area contributed by atoms with Crippen LogP contribution in [0.25, 0.3) is 0 Å². The SMILES string of the molecule is COC(=O)[C@@H]1CN(C(=O)C2CC(=O)Nc3ccccc32)C[C@@H]1c1ccccc1. The summed E-state index contributed by atoms with van der Waals surface area (Å²) in [5.74, 6) is -1.66. The third-order valence-electron chi connectivity index (χ3n) is 5.66. The van der Waals surface area contributed by atoms with Crippen molar-refractivity contribution < 1.29 is 19.1 Å². The Kier molecular flexibility index (Phi) is 4.86. The number of para-hydroxylation sites is 1. The smallest absolute Gasteiger partial charge is 0.311 e. The van der Waals surface area contributed by atoms with Gasteiger partial charge < -0.3 is 15.0 Å². The molecule has 2 aliphatic heterocycles. The lowest BCUT2D eigenvalue weighted by Gasteiger charge is -2.28. The fourth-order valence-electron chi connectivity index (χ4n) is 4.26. The number of amides is 2. The highest BCUT2D eigenvalue weighted by Crippen LogP contribution is 2.38. The molecule has 144 valence electrons. The number of rotatable bonds is 3. The number of esters is 1. The molecule has 1 unspecified atom stereocenters. The van der Waals surface area contributed by atoms with Gasteiger partial charge in [-0.05, 0) is 17.2 Å². The van der Waals surface area contributed by atoms with E-state index >= 15 is 0 Å². The highest BCUT2D eigenvalue weighted by Gasteiger charge is 2.43. The Labute approximate surface area is 163 Å². The second kappa shape index (κ2) is 7.46. The topological polar surface area (TPSA) is 75.7 Å². The number of benzene rings is 2. The number of hydrogen-bond acceptors (Lipinski definition) is 4. The molecule has 0 spiro atoms. The number of fused-ring (bicyclic) bond motifs is 1. The van der Waals surface area contributed by atoms with E-state index in [1.165, 1.54) is 7.11 Å². The van der Waals surface area contributed by atoms with Crippen molar-refractivity contribution in [2.24, 2.45) is 5.92 Å². The van der Waals surface area contributed by atoms with Crippen LogP contribution in [0.5, 0.6) is 0 Å². The van der Waals surface area contributed by atoms with E-state index in [1.807, 2.05) is 48.5 Å². The first kappa shape index (κ1) is 18.2. The minimum atomic E-state index is -0.530. The van der Waals surface area contributed by atoms with E-state index < -0.39 is 11.8 Å². The van der Waals surface area contributed by atoms with Crippen LogP contribution in [0.1, 0.15) is 29.4 Å². The summed E-state index contributed by atoms with van der Waals surface area (Å²) in [6.45, 7) is 0.730. The number of ether oxygens (including phenoxy) is 1. The Morgan fingerprint density at radius 1 is 1.04 bits per heavy atom. The minimum absolute atomic E-state index is 0.116. The van der Waals surface area contributed by atoms with Crippen molar-refractivity contribution in [1.29, 1.82) is 0 Å². The van der Waals surface area contributed by atoms with Crippen molar-refractivity contribution >= 4 is 23.5 Å². The fourth-order valence-corrected chi connectivity index (χ4v) is 4.26. The van der Waals surface area contributed by atoms with E-state index in [2.05, 4.69) is 5.32 Å². The largest absolute Gasteiger partial charge is 0.469 e. The second-order valence-corrected chi connectivity index (χ2v) is 7.28. The molecule has 6 nitrogen and oxygen atoms in total. The highest BCUT2D eigenvalue weighted by atomic mass is 16.5. The van der Waals surface area contributed by atoms with Gasteiger partial charge in [0.05, 0.1) is 18.9 Å². The van der Waals surface area contributed by atoms with Crippen LogP contribution in [0.15, 0.2) is 54.6 Å². The van der Waals surface area contributed by atoms with Gasteiger partial charge in [0.2, 0.25) is 11.8 Å². The number of nitrogens with zero attached hydrogens (tertiary/aromatic N) is 1. The molecule has 28 heavy (non-hydrogen) atoms. The first-order valence-electron chi connectivity index (χ1n) is 9.39. The van der Waals surface area contributed by atoms with Gasteiger partial charge in [0.25, 0.3) is 0 Å². The first-order chi connectivity index (χ1) is 13.6. The zero-order chi connectivity index (χ0) is 19.7. The Morgan fingerprint density at radius 2 is 1.75 bits per heavy atom. The molecule has 0 aromatic heterocycles. The van der Waals surface area contributed by atoms with E-state index in [0.717, 1.165) is 11.1 Å². The molecular formula is C22H22N2O4. The first-order valence-corrected chi connectivity index (χ1v) is 9.39. The van der Waals surface area contributed by atoms with Crippen molar-refractivity contribution in [3.63, 3.8) is 0 Å². The van der Waals surface area contributed by atoms with Crippen LogP contribution in [0.3, 0.4) is 0 Å². The van der Waals surface area contributed by atoms with Gasteiger partial charge in [-0.1, -0.05) is 48.5 Å². The van der Waals surface area contributed by atoms with E-state index in [-0.39, 0.29) is 30.1 Å². The molecule has 2 aromatic rings. The van der Waals surface area contributed by atoms with Crippen LogP contribution in [0.4, 0.5) is 5.69 Å². The molecule has 3 atom stereocenters. The van der Waals surface area contributed by atoms with Crippen molar-refractivity contribution in [2.45, 2.75) is 18.3 Å². The number of hydrogen-bond donors (Lipinski definition) is 1. The van der Waals surface area contributed by atoms with Crippen LogP contribution in [0.2, 0.25) is 0 Å². The number of likely N-dealkylation sites (tertiary alicyclic amines) is 1. The predicted molar refractivity (Wildman–Crippen MR) is 104 cm³/mol. The lowest BCUT2D eigenvalue weighted by molar-refractivity contribution is -0.145. The maximum atomic E-state index is 13.3. The number of nitrogens with one attached hydrogen (secondary N) is 1. The summed E-state index contributed by atoms with van der Waals surface area (Å²) in [5, 5.41) is 2.82. The molecule has 0 saturated carbocycles. The van der Waals surface area contributed by atoms with Crippen LogP contribution < -0.4 is 5.32 Å². The Morgan fingerprint density at radius 3 is 2.50 bits per heavy atom. The normalized spacial score (nSPS) is 23.7. The maximum absolute atomic E-state index is 13.3. The summed E-state index contributed by atoms with van der Waals surface area (Å²) in [5.41, 5.74) is 2.51. The molecule has 4 rings (SSSR count). The molecular weight excluding hydrogens is 356 g/mol. The monoisotopic (exact) mass is 378 g/mol. The molecule has 1 saturated heterocycles. The molecule has 2 amide bonds. The minimum Gasteiger partial charge on any atom is -0.469 e. The summed E-state index contributed by atoms with van der Waals surface area (Å²) in [6.07, 6.45) is 0.116. The van der Waals surface area contributed by atoms with Crippen LogP contribution >= 0.6 is 0 Å². The molecule has 0 radical (unpaired) electrons. The third-order valence-corrected chi connectivity index (χ3v) is 5.66. The summed E-state index contributed by atoms with van der Waals surface area (Å²) in [4.78, 5) is 39.5. The average Bonchev–Trinajstić information content (AvgIpc) is 3.18. The Bertz CT molecular complexity index is 912. The highest BCUT2D eigenvalue weighted by molar-refractivity contribution is 6.01. The zero-order valence-electron chi connectivity index (χ0n) is 15.6. The summed E-state index contributed by atoms with van der Waals surface area (Å²) >= 11 is 0. The van der Waals surface area contributed by atoms with Gasteiger partial charge in [0.15, 0.2) is 0 Å². The van der Waals surface area contributed by atoms with E-state index in [4.69, 9.17) is 4.74 Å². The Hall–Kier alpha value is -3.15. The number of methoxy groups -OCH3 is 1. The fraction of sp³-hybridized carbons (Fsp3) is 0.318. The number of carbonyl (C=O) groups excluding carboxylic acids is 3. The molecule has 1 N–H and O–H groups in total. The van der Waals surface area contributed by atoms with E-state index in [9.17, 15) is 14.4 Å². The van der Waals surface area contributed by atoms with Gasteiger partial charge in [-0.2, -0.15) is 0 Å². The maximum Gasteiger partial charge on any atom is 0.311 e. The van der Waals surface area contributed by atoms with Crippen LogP contribution in [0, 0.1) is 5.92 Å². The second-order valence-electron chi connectivity index (χ2n) is 7.28. The van der Waals surface area contributed by atoms with Crippen LogP contribution in [-0.4, -0.2) is 42.9 Å². The summed E-state index contributed by atoms with van der Waals surface area (Å²) in [6, 6.07) is 17.1. The standard InChI is InChI=1S/C22H22N2O4/c1-28-22(27)18-13-24(12-17(18)14-7-3-2-4-8-14)21(26)16-11-20(25)23-19-10-6-5-9-15(16)19/h2-10,16-18H,11-13H2,1H3,(H,23,25)/t16?,17-,18-/m1/s1. The van der Waals surface area contributed by atoms with Crippen molar-refractivity contribution in [2.75, 3.05) is 25.5 Å². The van der Waals surface area contributed by atoms with E-state index in [1.54, 1.807) is 11.0 Å². The molecule has 2 heterocycles. The van der Waals surface area contributed by atoms with Gasteiger partial charge in [-0.3, -0.25) is 14.4 Å². The van der Waals surface area contributed by atoms with Gasteiger partial charge in [0.1, 0.15) is 0 Å². The average molecular weight is 378 g/mol. The molecule has 6 heteroatoms. The Balaban J connectivity index is 1.62. The van der Waals surface area contributed by atoms with Gasteiger partial charge >= 0.3 is 5.97 Å². The number of carbonyl (C=O) groups is 3. The number of anilines is 1. The van der Waals surface area contributed by atoms with Gasteiger partial charge in [-0.25, -0.2) is 0 Å². The van der Waals surface area contributed by atoms with E-state index in [0.29, 0.717) is 18.8 Å². The third kappa shape index (κ3) is 3.26. The lowest BCUT2D eigenvalue weighted by Crippen LogP contribution is -2.38. The lowest BCUT2D eigenvalue weighted by atomic mass is 9.89. The molecule has 2 aromatic carbocycles. The van der Waals surface area contributed by atoms with Crippen molar-refractivity contribution in [1.82, 2.24) is 4.90 Å². The molecule has 2 aliphatic rings. The van der Waals surface area contributed by atoms with Crippen LogP contribution in [-0.2, 0) is 19.1 Å². The molecule has 0 aliphatic carbocycles. The van der Waals surface area contributed by atoms with Gasteiger partial charge in [-0.15, -0.1) is 0 Å². The van der Waals surface area contributed by atoms with Gasteiger partial charge in [0, 0.05) is 31.1 Å².